The third-order valence-electron chi connectivity index (χ3n) is 4.26. The molecule has 6 heteroatoms. The van der Waals surface area contributed by atoms with Gasteiger partial charge in [0.05, 0.1) is 31.5 Å². The highest BCUT2D eigenvalue weighted by molar-refractivity contribution is 6.01. The molecule has 3 aliphatic heterocycles. The molecule has 5 rings (SSSR count). The second kappa shape index (κ2) is 7.00. The number of oxime groups is 1. The van der Waals surface area contributed by atoms with Gasteiger partial charge in [-0.25, -0.2) is 0 Å². The van der Waals surface area contributed by atoms with E-state index in [-0.39, 0.29) is 12.5 Å². The van der Waals surface area contributed by atoms with E-state index in [4.69, 9.17) is 19.4 Å². The van der Waals surface area contributed by atoms with Crippen molar-refractivity contribution in [1.29, 1.82) is 0 Å². The lowest BCUT2D eigenvalue weighted by molar-refractivity contribution is -0.139. The Morgan fingerprint density at radius 2 is 2.13 bits per heavy atom. The van der Waals surface area contributed by atoms with Crippen molar-refractivity contribution in [3.8, 4) is 5.75 Å². The zero-order valence-electron chi connectivity index (χ0n) is 13.1. The predicted molar refractivity (Wildman–Crippen MR) is 83.8 cm³/mol. The van der Waals surface area contributed by atoms with Crippen molar-refractivity contribution < 1.29 is 24.2 Å². The molecule has 1 aromatic rings. The molecule has 1 aliphatic carbocycles. The number of fused-ring (bicyclic) bond motifs is 1. The summed E-state index contributed by atoms with van der Waals surface area (Å²) in [6, 6.07) is 7.45. The lowest BCUT2D eigenvalue weighted by atomic mass is 10.0. The molecule has 2 bridgehead atoms. The van der Waals surface area contributed by atoms with Crippen molar-refractivity contribution in [2.45, 2.75) is 50.4 Å². The first-order valence-electron chi connectivity index (χ1n) is 7.88. The van der Waals surface area contributed by atoms with Crippen LogP contribution in [0.4, 0.5) is 0 Å². The minimum Gasteiger partial charge on any atom is -0.497 e. The molecule has 0 spiro atoms. The number of aliphatic carboxylic acids is 1. The highest BCUT2D eigenvalue weighted by Crippen LogP contribution is 2.36. The van der Waals surface area contributed by atoms with Crippen molar-refractivity contribution in [3.63, 3.8) is 0 Å². The van der Waals surface area contributed by atoms with Gasteiger partial charge in [0.2, 0.25) is 0 Å². The van der Waals surface area contributed by atoms with Gasteiger partial charge < -0.3 is 19.4 Å². The van der Waals surface area contributed by atoms with Crippen LogP contribution in [0.15, 0.2) is 29.4 Å². The van der Waals surface area contributed by atoms with E-state index in [0.717, 1.165) is 17.0 Å². The normalized spacial score (nSPS) is 27.2. The summed E-state index contributed by atoms with van der Waals surface area (Å²) in [7, 11) is 1.60. The average molecular weight is 319 g/mol. The van der Waals surface area contributed by atoms with Crippen molar-refractivity contribution >= 4 is 11.7 Å². The molecule has 1 aromatic carbocycles. The molecule has 23 heavy (non-hydrogen) atoms. The fourth-order valence-electron chi connectivity index (χ4n) is 3.00. The van der Waals surface area contributed by atoms with Crippen LogP contribution in [0.2, 0.25) is 0 Å². The van der Waals surface area contributed by atoms with Crippen LogP contribution in [0.25, 0.3) is 0 Å². The third-order valence-corrected chi connectivity index (χ3v) is 4.26. The monoisotopic (exact) mass is 319 g/mol. The fourth-order valence-corrected chi connectivity index (χ4v) is 3.00. The highest BCUT2D eigenvalue weighted by Gasteiger charge is 2.36. The SMILES string of the molecule is C1CC2CC1O2.COc1cccc(C2=NOC(CC(=O)O)C2)c1. The number of rotatable bonds is 4. The van der Waals surface area contributed by atoms with Gasteiger partial charge >= 0.3 is 5.97 Å². The Balaban J connectivity index is 0.000000213. The molecule has 1 saturated carbocycles. The summed E-state index contributed by atoms with van der Waals surface area (Å²) in [4.78, 5) is 15.6. The fraction of sp³-hybridized carbons (Fsp3) is 0.529. The first-order valence-corrected chi connectivity index (χ1v) is 7.88. The quantitative estimate of drug-likeness (QED) is 0.923. The van der Waals surface area contributed by atoms with E-state index in [0.29, 0.717) is 18.6 Å². The number of methoxy groups -OCH3 is 1. The molecule has 0 radical (unpaired) electrons. The minimum atomic E-state index is -0.878. The number of ether oxygens (including phenoxy) is 2. The molecule has 124 valence electrons. The molecule has 1 N–H and O–H groups in total. The standard InChI is InChI=1S/C12H13NO4.C5H8O/c1-16-9-4-2-3-8(5-9)11-6-10(17-13-11)7-12(14)15;1-2-5-3-4(1)6-5/h2-5,10H,6-7H2,1H3,(H,14,15);4-5H,1-3H2. The Hall–Kier alpha value is -2.08. The van der Waals surface area contributed by atoms with Gasteiger partial charge in [0.1, 0.15) is 11.9 Å². The molecule has 0 aromatic heterocycles. The zero-order valence-corrected chi connectivity index (χ0v) is 13.1. The smallest absolute Gasteiger partial charge is 0.307 e. The van der Waals surface area contributed by atoms with Crippen molar-refractivity contribution in [3.05, 3.63) is 29.8 Å². The van der Waals surface area contributed by atoms with E-state index in [9.17, 15) is 4.79 Å². The van der Waals surface area contributed by atoms with Crippen LogP contribution < -0.4 is 4.74 Å². The summed E-state index contributed by atoms with van der Waals surface area (Å²) >= 11 is 0. The second-order valence-corrected chi connectivity index (χ2v) is 5.99. The Labute approximate surface area is 135 Å². The van der Waals surface area contributed by atoms with Gasteiger partial charge in [-0.1, -0.05) is 17.3 Å². The van der Waals surface area contributed by atoms with Crippen molar-refractivity contribution in [2.75, 3.05) is 7.11 Å². The maximum Gasteiger partial charge on any atom is 0.307 e. The molecule has 0 amide bonds. The summed E-state index contributed by atoms with van der Waals surface area (Å²) in [5.74, 6) is -0.135. The van der Waals surface area contributed by atoms with E-state index >= 15 is 0 Å². The number of hydrogen-bond acceptors (Lipinski definition) is 5. The lowest BCUT2D eigenvalue weighted by Crippen LogP contribution is -2.25. The van der Waals surface area contributed by atoms with Crippen LogP contribution in [-0.4, -0.2) is 42.2 Å². The largest absolute Gasteiger partial charge is 0.497 e. The lowest BCUT2D eigenvalue weighted by Gasteiger charge is -2.23. The van der Waals surface area contributed by atoms with Crippen LogP contribution >= 0.6 is 0 Å². The van der Waals surface area contributed by atoms with Crippen LogP contribution in [0.3, 0.4) is 0 Å². The van der Waals surface area contributed by atoms with Crippen molar-refractivity contribution in [2.24, 2.45) is 5.16 Å². The molecule has 3 unspecified atom stereocenters. The van der Waals surface area contributed by atoms with E-state index in [1.165, 1.54) is 19.3 Å². The maximum absolute atomic E-state index is 10.5. The molecule has 3 atom stereocenters. The first-order chi connectivity index (χ1) is 11.1. The minimum absolute atomic E-state index is 0.0308. The van der Waals surface area contributed by atoms with Crippen molar-refractivity contribution in [1.82, 2.24) is 0 Å². The molecule has 2 saturated heterocycles. The summed E-state index contributed by atoms with van der Waals surface area (Å²) in [6.07, 6.45) is 5.53. The Morgan fingerprint density at radius 1 is 1.39 bits per heavy atom. The number of carboxylic acids is 1. The van der Waals surface area contributed by atoms with Gasteiger partial charge in [-0.3, -0.25) is 4.79 Å². The third kappa shape index (κ3) is 4.01. The highest BCUT2D eigenvalue weighted by atomic mass is 16.6. The van der Waals surface area contributed by atoms with E-state index < -0.39 is 5.97 Å². The number of nitrogens with zero attached hydrogens (tertiary/aromatic N) is 1. The van der Waals surface area contributed by atoms with Gasteiger partial charge in [-0.05, 0) is 31.4 Å². The number of carbonyl (C=O) groups is 1. The Kier molecular flexibility index (Phi) is 4.81. The van der Waals surface area contributed by atoms with Gasteiger partial charge in [0.25, 0.3) is 0 Å². The molecule has 6 nitrogen and oxygen atoms in total. The second-order valence-electron chi connectivity index (χ2n) is 5.99. The molecule has 4 aliphatic rings. The summed E-state index contributed by atoms with van der Waals surface area (Å²) in [6.45, 7) is 0. The van der Waals surface area contributed by atoms with E-state index in [2.05, 4.69) is 5.16 Å². The van der Waals surface area contributed by atoms with E-state index in [1.54, 1.807) is 7.11 Å². The number of hydrogen-bond donors (Lipinski definition) is 1. The first kappa shape index (κ1) is 15.8. The molecular weight excluding hydrogens is 298 g/mol. The van der Waals surface area contributed by atoms with Crippen LogP contribution in [-0.2, 0) is 14.4 Å². The summed E-state index contributed by atoms with van der Waals surface area (Å²) in [5.41, 5.74) is 1.66. The van der Waals surface area contributed by atoms with Gasteiger partial charge in [-0.2, -0.15) is 0 Å². The van der Waals surface area contributed by atoms with E-state index in [1.807, 2.05) is 24.3 Å². The zero-order chi connectivity index (χ0) is 16.2. The van der Waals surface area contributed by atoms with Gasteiger partial charge in [0, 0.05) is 12.0 Å². The maximum atomic E-state index is 10.5. The molecular formula is C17H21NO5. The van der Waals surface area contributed by atoms with Crippen LogP contribution in [0, 0.1) is 0 Å². The number of benzene rings is 1. The van der Waals surface area contributed by atoms with Gasteiger partial charge in [-0.15, -0.1) is 0 Å². The average Bonchev–Trinajstić information content (AvgIpc) is 3.24. The topological polar surface area (TPSA) is 77.3 Å². The predicted octanol–water partition coefficient (Wildman–Crippen LogP) is 2.60. The number of carboxylic acid groups (broad SMARTS) is 1. The Bertz CT molecular complexity index is 581. The van der Waals surface area contributed by atoms with Crippen LogP contribution in [0.1, 0.15) is 37.7 Å². The summed E-state index contributed by atoms with van der Waals surface area (Å²) in [5, 5.41) is 12.6. The molecule has 3 heterocycles. The molecule has 3 fully saturated rings. The van der Waals surface area contributed by atoms with Gasteiger partial charge in [0.15, 0.2) is 0 Å². The Morgan fingerprint density at radius 3 is 2.70 bits per heavy atom. The van der Waals surface area contributed by atoms with Crippen LogP contribution in [0.5, 0.6) is 5.75 Å². The summed E-state index contributed by atoms with van der Waals surface area (Å²) < 4.78 is 10.4.